The Hall–Kier alpha value is -3.42. The molecule has 1 unspecified atom stereocenters. The number of para-hydroxylation sites is 1. The smallest absolute Gasteiger partial charge is 0.295 e. The minimum atomic E-state index is -0.736. The number of carbonyl (C=O) groups excluding carboxylic acids is 2. The Morgan fingerprint density at radius 1 is 1.08 bits per heavy atom. The van der Waals surface area contributed by atoms with Crippen molar-refractivity contribution in [2.45, 2.75) is 33.2 Å². The van der Waals surface area contributed by atoms with E-state index in [9.17, 15) is 14.7 Å². The summed E-state index contributed by atoms with van der Waals surface area (Å²) in [5.74, 6) is -1.55. The molecule has 1 saturated heterocycles. The van der Waals surface area contributed by atoms with Gasteiger partial charge in [-0.15, -0.1) is 0 Å². The first-order valence-corrected chi connectivity index (χ1v) is 12.6. The Labute approximate surface area is 216 Å². The first-order chi connectivity index (χ1) is 17.4. The number of likely N-dealkylation sites (tertiary alicyclic amines) is 1. The molecule has 2 aromatic carbocycles. The fourth-order valence-corrected chi connectivity index (χ4v) is 4.95. The predicted molar refractivity (Wildman–Crippen MR) is 141 cm³/mol. The summed E-state index contributed by atoms with van der Waals surface area (Å²) in [5.41, 5.74) is 2.64. The van der Waals surface area contributed by atoms with Gasteiger partial charge in [0.05, 0.1) is 34.8 Å². The van der Waals surface area contributed by atoms with Crippen molar-refractivity contribution in [1.29, 1.82) is 0 Å². The van der Waals surface area contributed by atoms with Crippen LogP contribution >= 0.6 is 11.6 Å². The molecular weight excluding hydrogens is 476 g/mol. The zero-order chi connectivity index (χ0) is 25.8. The molecule has 0 bridgehead atoms. The summed E-state index contributed by atoms with van der Waals surface area (Å²) in [5, 5.41) is 16.4. The number of hydrogen-bond acceptors (Lipinski definition) is 5. The number of carbonyl (C=O) groups is 2. The number of aliphatic hydroxyl groups is 1. The van der Waals surface area contributed by atoms with Crippen molar-refractivity contribution in [3.63, 3.8) is 0 Å². The molecule has 1 aromatic heterocycles. The summed E-state index contributed by atoms with van der Waals surface area (Å²) in [6.07, 6.45) is 2.23. The second kappa shape index (κ2) is 11.1. The molecule has 2 heterocycles. The van der Waals surface area contributed by atoms with Crippen molar-refractivity contribution in [1.82, 2.24) is 19.6 Å². The van der Waals surface area contributed by atoms with Gasteiger partial charge < -0.3 is 14.9 Å². The molecule has 1 atom stereocenters. The summed E-state index contributed by atoms with van der Waals surface area (Å²) >= 11 is 6.28. The Morgan fingerprint density at radius 2 is 1.81 bits per heavy atom. The predicted octanol–water partition coefficient (Wildman–Crippen LogP) is 4.99. The first-order valence-electron chi connectivity index (χ1n) is 12.2. The number of aliphatic hydroxyl groups excluding tert-OH is 1. The SMILES string of the molecule is CCN(CC)CCCN1C(=O)C(=O)C(=C(O)c2cnn(-c3ccccc3)c2C)C1c1cccc(Cl)c1. The molecule has 1 amide bonds. The summed E-state index contributed by atoms with van der Waals surface area (Å²) in [6.45, 7) is 9.04. The number of halogens is 1. The van der Waals surface area contributed by atoms with E-state index >= 15 is 0 Å². The Bertz CT molecular complexity index is 1280. The molecule has 1 N–H and O–H groups in total. The highest BCUT2D eigenvalue weighted by Gasteiger charge is 2.46. The second-order valence-electron chi connectivity index (χ2n) is 8.82. The molecule has 188 valence electrons. The van der Waals surface area contributed by atoms with Crippen LogP contribution in [-0.2, 0) is 9.59 Å². The van der Waals surface area contributed by atoms with E-state index in [1.54, 1.807) is 27.8 Å². The standard InChI is InChI=1S/C28H31ClN4O3/c1-4-31(5-2)15-10-16-32-25(20-11-9-12-21(29)17-20)24(27(35)28(32)36)26(34)23-18-30-33(19(23)3)22-13-7-6-8-14-22/h6-9,11-14,17-18,25,34H,4-5,10,15-16H2,1-3H3. The van der Waals surface area contributed by atoms with Crippen LogP contribution in [0.5, 0.6) is 0 Å². The minimum absolute atomic E-state index is 0.0563. The fourth-order valence-electron chi connectivity index (χ4n) is 4.76. The lowest BCUT2D eigenvalue weighted by molar-refractivity contribution is -0.140. The van der Waals surface area contributed by atoms with Crippen molar-refractivity contribution in [3.8, 4) is 5.69 Å². The van der Waals surface area contributed by atoms with Gasteiger partial charge in [0.2, 0.25) is 0 Å². The molecular formula is C28H31ClN4O3. The number of rotatable bonds is 9. The van der Waals surface area contributed by atoms with Gasteiger partial charge in [-0.05, 0) is 62.8 Å². The lowest BCUT2D eigenvalue weighted by Crippen LogP contribution is -2.33. The van der Waals surface area contributed by atoms with Gasteiger partial charge >= 0.3 is 0 Å². The summed E-state index contributed by atoms with van der Waals surface area (Å²) in [6, 6.07) is 15.9. The first kappa shape index (κ1) is 25.7. The Balaban J connectivity index is 1.77. The molecule has 7 nitrogen and oxygen atoms in total. The van der Waals surface area contributed by atoms with Crippen LogP contribution in [0.2, 0.25) is 5.02 Å². The van der Waals surface area contributed by atoms with E-state index < -0.39 is 17.7 Å². The van der Waals surface area contributed by atoms with E-state index in [0.717, 1.165) is 25.3 Å². The summed E-state index contributed by atoms with van der Waals surface area (Å²) in [4.78, 5) is 30.4. The van der Waals surface area contributed by atoms with Crippen molar-refractivity contribution in [2.75, 3.05) is 26.2 Å². The summed E-state index contributed by atoms with van der Waals surface area (Å²) in [7, 11) is 0. The number of ketones is 1. The van der Waals surface area contributed by atoms with E-state index in [-0.39, 0.29) is 11.3 Å². The number of benzene rings is 2. The molecule has 0 aliphatic carbocycles. The normalized spacial score (nSPS) is 17.4. The van der Waals surface area contributed by atoms with Crippen molar-refractivity contribution in [3.05, 3.63) is 88.2 Å². The van der Waals surface area contributed by atoms with Crippen LogP contribution in [0.1, 0.15) is 43.1 Å². The van der Waals surface area contributed by atoms with Gasteiger partial charge in [0.15, 0.2) is 0 Å². The van der Waals surface area contributed by atoms with E-state index in [4.69, 9.17) is 11.6 Å². The third kappa shape index (κ3) is 4.94. The maximum Gasteiger partial charge on any atom is 0.295 e. The highest BCUT2D eigenvalue weighted by molar-refractivity contribution is 6.46. The van der Waals surface area contributed by atoms with Crippen LogP contribution < -0.4 is 0 Å². The molecule has 1 aliphatic rings. The quantitative estimate of drug-likeness (QED) is 0.251. The number of Topliss-reactive ketones (excluding diaryl/α,β-unsaturated/α-hetero) is 1. The van der Waals surface area contributed by atoms with Crippen LogP contribution in [0.4, 0.5) is 0 Å². The van der Waals surface area contributed by atoms with E-state index in [1.165, 1.54) is 6.20 Å². The lowest BCUT2D eigenvalue weighted by Gasteiger charge is -2.27. The van der Waals surface area contributed by atoms with Crippen LogP contribution in [0.15, 0.2) is 66.4 Å². The van der Waals surface area contributed by atoms with Crippen LogP contribution in [0.25, 0.3) is 11.4 Å². The van der Waals surface area contributed by atoms with E-state index in [2.05, 4.69) is 23.8 Å². The van der Waals surface area contributed by atoms with Gasteiger partial charge in [0, 0.05) is 11.6 Å². The van der Waals surface area contributed by atoms with E-state index in [1.807, 2.05) is 43.3 Å². The Kier molecular flexibility index (Phi) is 7.91. The highest BCUT2D eigenvalue weighted by atomic mass is 35.5. The van der Waals surface area contributed by atoms with Crippen molar-refractivity contribution >= 4 is 29.1 Å². The van der Waals surface area contributed by atoms with Gasteiger partial charge in [-0.25, -0.2) is 4.68 Å². The van der Waals surface area contributed by atoms with E-state index in [0.29, 0.717) is 34.8 Å². The number of nitrogens with zero attached hydrogens (tertiary/aromatic N) is 4. The maximum absolute atomic E-state index is 13.3. The largest absolute Gasteiger partial charge is 0.507 e. The number of amides is 1. The van der Waals surface area contributed by atoms with Crippen LogP contribution in [0, 0.1) is 6.92 Å². The zero-order valence-electron chi connectivity index (χ0n) is 20.8. The average Bonchev–Trinajstić information content (AvgIpc) is 3.39. The third-order valence-corrected chi connectivity index (χ3v) is 6.97. The minimum Gasteiger partial charge on any atom is -0.507 e. The van der Waals surface area contributed by atoms with Gasteiger partial charge in [-0.3, -0.25) is 9.59 Å². The molecule has 1 aliphatic heterocycles. The maximum atomic E-state index is 13.3. The Morgan fingerprint density at radius 3 is 2.47 bits per heavy atom. The molecule has 0 saturated carbocycles. The third-order valence-electron chi connectivity index (χ3n) is 6.74. The molecule has 3 aromatic rings. The van der Waals surface area contributed by atoms with Crippen molar-refractivity contribution < 1.29 is 14.7 Å². The molecule has 36 heavy (non-hydrogen) atoms. The van der Waals surface area contributed by atoms with Gasteiger partial charge in [-0.2, -0.15) is 5.10 Å². The highest BCUT2D eigenvalue weighted by Crippen LogP contribution is 2.40. The molecule has 0 spiro atoms. The summed E-state index contributed by atoms with van der Waals surface area (Å²) < 4.78 is 1.70. The zero-order valence-corrected chi connectivity index (χ0v) is 21.6. The fraction of sp³-hybridized carbons (Fsp3) is 0.321. The van der Waals surface area contributed by atoms with Gasteiger partial charge in [-0.1, -0.05) is 55.8 Å². The topological polar surface area (TPSA) is 78.7 Å². The van der Waals surface area contributed by atoms with Gasteiger partial charge in [0.25, 0.3) is 11.7 Å². The second-order valence-corrected chi connectivity index (χ2v) is 9.26. The number of hydrogen-bond donors (Lipinski definition) is 1. The molecule has 4 rings (SSSR count). The number of aromatic nitrogens is 2. The van der Waals surface area contributed by atoms with Crippen molar-refractivity contribution in [2.24, 2.45) is 0 Å². The molecule has 1 fully saturated rings. The molecule has 8 heteroatoms. The van der Waals surface area contributed by atoms with Crippen LogP contribution in [0.3, 0.4) is 0 Å². The lowest BCUT2D eigenvalue weighted by atomic mass is 9.95. The monoisotopic (exact) mass is 506 g/mol. The average molecular weight is 507 g/mol. The van der Waals surface area contributed by atoms with Gasteiger partial charge in [0.1, 0.15) is 5.76 Å². The molecule has 0 radical (unpaired) electrons. The van der Waals surface area contributed by atoms with Crippen LogP contribution in [-0.4, -0.2) is 62.6 Å².